The van der Waals surface area contributed by atoms with Crippen molar-refractivity contribution in [2.24, 2.45) is 0 Å². The number of benzene rings is 1. The molecule has 2 rings (SSSR count). The van der Waals surface area contributed by atoms with Crippen molar-refractivity contribution in [3.05, 3.63) is 48.3 Å². The molecule has 2 N–H and O–H groups in total. The van der Waals surface area contributed by atoms with Crippen molar-refractivity contribution in [1.82, 2.24) is 10.3 Å². The third-order valence-electron chi connectivity index (χ3n) is 3.05. The number of anilines is 1. The van der Waals surface area contributed by atoms with Crippen LogP contribution in [0, 0.1) is 0 Å². The first kappa shape index (κ1) is 16.3. The molecule has 0 saturated heterocycles. The summed E-state index contributed by atoms with van der Waals surface area (Å²) in [6, 6.07) is 8.35. The molecule has 2 aromatic rings. The van der Waals surface area contributed by atoms with Crippen LogP contribution in [0.25, 0.3) is 0 Å². The molecule has 1 aromatic carbocycles. The van der Waals surface area contributed by atoms with Gasteiger partial charge in [0, 0.05) is 30.7 Å². The number of hydrogen-bond acceptors (Lipinski definition) is 5. The highest BCUT2D eigenvalue weighted by molar-refractivity contribution is 6.39. The summed E-state index contributed by atoms with van der Waals surface area (Å²) in [5, 5.41) is 5.04. The van der Waals surface area contributed by atoms with Crippen molar-refractivity contribution < 1.29 is 19.1 Å². The van der Waals surface area contributed by atoms with Crippen molar-refractivity contribution in [2.75, 3.05) is 19.5 Å². The Hall–Kier alpha value is -3.09. The quantitative estimate of drug-likeness (QED) is 0.813. The first-order valence-electron chi connectivity index (χ1n) is 6.84. The Labute approximate surface area is 133 Å². The number of carbonyl (C=O) groups is 2. The molecule has 0 aliphatic carbocycles. The van der Waals surface area contributed by atoms with Crippen molar-refractivity contribution in [1.29, 1.82) is 0 Å². The Morgan fingerprint density at radius 3 is 2.35 bits per heavy atom. The fourth-order valence-electron chi connectivity index (χ4n) is 1.87. The third kappa shape index (κ3) is 4.44. The van der Waals surface area contributed by atoms with Crippen molar-refractivity contribution in [2.45, 2.75) is 6.54 Å². The molecule has 23 heavy (non-hydrogen) atoms. The van der Waals surface area contributed by atoms with Gasteiger partial charge < -0.3 is 20.1 Å². The summed E-state index contributed by atoms with van der Waals surface area (Å²) < 4.78 is 10.3. The first-order chi connectivity index (χ1) is 11.1. The summed E-state index contributed by atoms with van der Waals surface area (Å²) in [7, 11) is 3.01. The maximum absolute atomic E-state index is 11.9. The Balaban J connectivity index is 1.94. The summed E-state index contributed by atoms with van der Waals surface area (Å²) in [6.07, 6.45) is 3.23. The van der Waals surface area contributed by atoms with Crippen LogP contribution in [-0.2, 0) is 16.1 Å². The van der Waals surface area contributed by atoms with E-state index < -0.39 is 11.8 Å². The van der Waals surface area contributed by atoms with Crippen LogP contribution in [0.4, 0.5) is 5.69 Å². The van der Waals surface area contributed by atoms with E-state index in [0.717, 1.165) is 5.56 Å². The minimum absolute atomic E-state index is 0.251. The Morgan fingerprint density at radius 2 is 1.70 bits per heavy atom. The van der Waals surface area contributed by atoms with Gasteiger partial charge in [-0.15, -0.1) is 0 Å². The maximum atomic E-state index is 11.9. The molecular weight excluding hydrogens is 298 g/mol. The van der Waals surface area contributed by atoms with Gasteiger partial charge in [-0.1, -0.05) is 0 Å². The molecule has 2 amide bonds. The predicted octanol–water partition coefficient (Wildman–Crippen LogP) is 1.35. The number of carbonyl (C=O) groups excluding carboxylic acids is 2. The molecule has 0 aliphatic heterocycles. The van der Waals surface area contributed by atoms with E-state index in [2.05, 4.69) is 15.6 Å². The smallest absolute Gasteiger partial charge is 0.313 e. The first-order valence-corrected chi connectivity index (χ1v) is 6.84. The number of methoxy groups -OCH3 is 2. The van der Waals surface area contributed by atoms with Crippen LogP contribution in [0.15, 0.2) is 42.7 Å². The van der Waals surface area contributed by atoms with Crippen molar-refractivity contribution in [3.63, 3.8) is 0 Å². The van der Waals surface area contributed by atoms with Gasteiger partial charge in [-0.25, -0.2) is 0 Å². The highest BCUT2D eigenvalue weighted by Gasteiger charge is 2.14. The lowest BCUT2D eigenvalue weighted by Gasteiger charge is -2.10. The number of amides is 2. The van der Waals surface area contributed by atoms with Crippen LogP contribution in [0.1, 0.15) is 5.56 Å². The molecule has 7 heteroatoms. The molecule has 0 aliphatic rings. The van der Waals surface area contributed by atoms with Crippen molar-refractivity contribution in [3.8, 4) is 11.5 Å². The number of pyridine rings is 1. The third-order valence-corrected chi connectivity index (χ3v) is 3.05. The lowest BCUT2D eigenvalue weighted by Crippen LogP contribution is -2.34. The Bertz CT molecular complexity index is 689. The molecular formula is C16H17N3O4. The van der Waals surface area contributed by atoms with Gasteiger partial charge in [-0.05, 0) is 29.8 Å². The average molecular weight is 315 g/mol. The maximum Gasteiger partial charge on any atom is 0.313 e. The van der Waals surface area contributed by atoms with Crippen LogP contribution >= 0.6 is 0 Å². The molecule has 0 spiro atoms. The van der Waals surface area contributed by atoms with Gasteiger partial charge in [-0.2, -0.15) is 0 Å². The molecule has 0 fully saturated rings. The molecule has 0 radical (unpaired) electrons. The zero-order chi connectivity index (χ0) is 16.7. The van der Waals surface area contributed by atoms with E-state index in [-0.39, 0.29) is 6.54 Å². The number of nitrogens with one attached hydrogen (secondary N) is 2. The normalized spacial score (nSPS) is 9.83. The summed E-state index contributed by atoms with van der Waals surface area (Å²) in [5.74, 6) is -0.488. The van der Waals surface area contributed by atoms with Crippen LogP contribution in [-0.4, -0.2) is 31.0 Å². The van der Waals surface area contributed by atoms with Gasteiger partial charge >= 0.3 is 11.8 Å². The zero-order valence-electron chi connectivity index (χ0n) is 12.8. The molecule has 0 saturated carbocycles. The second-order valence-corrected chi connectivity index (χ2v) is 4.56. The molecule has 0 atom stereocenters. The summed E-state index contributed by atoms with van der Waals surface area (Å²) >= 11 is 0. The van der Waals surface area contributed by atoms with Crippen LogP contribution in [0.2, 0.25) is 0 Å². The topological polar surface area (TPSA) is 89.5 Å². The van der Waals surface area contributed by atoms with Gasteiger partial charge in [0.2, 0.25) is 0 Å². The van der Waals surface area contributed by atoms with E-state index in [1.54, 1.807) is 42.7 Å². The van der Waals surface area contributed by atoms with Crippen LogP contribution in [0.5, 0.6) is 11.5 Å². The summed E-state index contributed by atoms with van der Waals surface area (Å²) in [5.41, 5.74) is 1.29. The number of ether oxygens (including phenoxy) is 2. The van der Waals surface area contributed by atoms with Gasteiger partial charge in [0.1, 0.15) is 0 Å². The molecule has 0 bridgehead atoms. The van der Waals surface area contributed by atoms with Crippen LogP contribution < -0.4 is 20.1 Å². The second kappa shape index (κ2) is 7.79. The predicted molar refractivity (Wildman–Crippen MR) is 84.3 cm³/mol. The standard InChI is InChI=1S/C16H17N3O4/c1-22-13-4-3-12(9-14(13)23-2)19-16(21)15(20)18-10-11-5-7-17-8-6-11/h3-9H,10H2,1-2H3,(H,18,20)(H,19,21). The van der Waals surface area contributed by atoms with Gasteiger partial charge in [0.15, 0.2) is 11.5 Å². The number of rotatable bonds is 5. The number of hydrogen-bond donors (Lipinski definition) is 2. The summed E-state index contributed by atoms with van der Waals surface area (Å²) in [4.78, 5) is 27.6. The van der Waals surface area contributed by atoms with E-state index in [0.29, 0.717) is 17.2 Å². The molecule has 7 nitrogen and oxygen atoms in total. The zero-order valence-corrected chi connectivity index (χ0v) is 12.8. The molecule has 1 aromatic heterocycles. The van der Waals surface area contributed by atoms with E-state index in [9.17, 15) is 9.59 Å². The minimum Gasteiger partial charge on any atom is -0.493 e. The monoisotopic (exact) mass is 315 g/mol. The number of aromatic nitrogens is 1. The van der Waals surface area contributed by atoms with E-state index in [4.69, 9.17) is 9.47 Å². The van der Waals surface area contributed by atoms with Gasteiger partial charge in [0.25, 0.3) is 0 Å². The van der Waals surface area contributed by atoms with E-state index >= 15 is 0 Å². The van der Waals surface area contributed by atoms with Crippen molar-refractivity contribution >= 4 is 17.5 Å². The fourth-order valence-corrected chi connectivity index (χ4v) is 1.87. The molecule has 120 valence electrons. The lowest BCUT2D eigenvalue weighted by molar-refractivity contribution is -0.136. The summed E-state index contributed by atoms with van der Waals surface area (Å²) in [6.45, 7) is 0.251. The van der Waals surface area contributed by atoms with Gasteiger partial charge in [-0.3, -0.25) is 14.6 Å². The Morgan fingerprint density at radius 1 is 1.00 bits per heavy atom. The average Bonchev–Trinajstić information content (AvgIpc) is 2.60. The highest BCUT2D eigenvalue weighted by Crippen LogP contribution is 2.29. The van der Waals surface area contributed by atoms with Gasteiger partial charge in [0.05, 0.1) is 14.2 Å². The molecule has 1 heterocycles. The SMILES string of the molecule is COc1ccc(NC(=O)C(=O)NCc2ccncc2)cc1OC. The Kier molecular flexibility index (Phi) is 5.51. The van der Waals surface area contributed by atoms with Crippen LogP contribution in [0.3, 0.4) is 0 Å². The fraction of sp³-hybridized carbons (Fsp3) is 0.188. The molecule has 0 unspecified atom stereocenters. The van der Waals surface area contributed by atoms with E-state index in [1.165, 1.54) is 14.2 Å². The minimum atomic E-state index is -0.758. The second-order valence-electron chi connectivity index (χ2n) is 4.56. The number of nitrogens with zero attached hydrogens (tertiary/aromatic N) is 1. The lowest BCUT2D eigenvalue weighted by atomic mass is 10.2. The highest BCUT2D eigenvalue weighted by atomic mass is 16.5. The largest absolute Gasteiger partial charge is 0.493 e. The van der Waals surface area contributed by atoms with E-state index in [1.807, 2.05) is 0 Å².